The van der Waals surface area contributed by atoms with Gasteiger partial charge in [-0.05, 0) is 75.4 Å². The highest BCUT2D eigenvalue weighted by Gasteiger charge is 2.46. The van der Waals surface area contributed by atoms with Crippen molar-refractivity contribution in [1.29, 1.82) is 5.26 Å². The van der Waals surface area contributed by atoms with Crippen molar-refractivity contribution in [3.8, 4) is 6.07 Å². The number of anilines is 1. The van der Waals surface area contributed by atoms with Crippen LogP contribution < -0.4 is 16.0 Å². The quantitative estimate of drug-likeness (QED) is 0.678. The van der Waals surface area contributed by atoms with E-state index in [4.69, 9.17) is 11.0 Å². The third-order valence-corrected chi connectivity index (χ3v) is 7.54. The van der Waals surface area contributed by atoms with E-state index in [0.29, 0.717) is 5.69 Å². The molecule has 2 aliphatic rings. The number of carbonyl (C=O) groups is 2. The number of amides is 3. The normalized spacial score (nSPS) is 21.4. The largest absolute Gasteiger partial charge is 0.329 e. The van der Waals surface area contributed by atoms with Gasteiger partial charge < -0.3 is 5.73 Å². The Bertz CT molecular complexity index is 1090. The van der Waals surface area contributed by atoms with Crippen LogP contribution in [-0.2, 0) is 14.8 Å². The highest BCUT2D eigenvalue weighted by molar-refractivity contribution is 7.92. The number of nitrogens with one attached hydrogen (secondary N) is 1. The third-order valence-electron chi connectivity index (χ3n) is 5.98. The summed E-state index contributed by atoms with van der Waals surface area (Å²) in [6.45, 7) is 7.37. The maximum absolute atomic E-state index is 12.7. The Morgan fingerprint density at radius 2 is 1.71 bits per heavy atom. The summed E-state index contributed by atoms with van der Waals surface area (Å²) in [7, 11) is -3.67. The Hall–Kier alpha value is -2.74. The molecule has 3 amide bonds. The second-order valence-corrected chi connectivity index (χ2v) is 10.5. The molecule has 1 aromatic rings. The van der Waals surface area contributed by atoms with E-state index in [-0.39, 0.29) is 31.8 Å². The first-order valence-electron chi connectivity index (χ1n) is 9.96. The van der Waals surface area contributed by atoms with Gasteiger partial charge in [0.25, 0.3) is 5.91 Å². The van der Waals surface area contributed by atoms with Crippen LogP contribution in [0.2, 0.25) is 0 Å². The molecule has 0 spiro atoms. The van der Waals surface area contributed by atoms with Crippen molar-refractivity contribution in [2.75, 3.05) is 18.0 Å². The van der Waals surface area contributed by atoms with Crippen LogP contribution in [0, 0.1) is 25.2 Å². The van der Waals surface area contributed by atoms with Crippen molar-refractivity contribution in [2.24, 2.45) is 5.73 Å². The average molecular weight is 446 g/mol. The van der Waals surface area contributed by atoms with Gasteiger partial charge >= 0.3 is 6.03 Å². The molecule has 0 unspecified atom stereocenters. The van der Waals surface area contributed by atoms with Crippen LogP contribution >= 0.6 is 0 Å². The molecule has 0 saturated carbocycles. The van der Waals surface area contributed by atoms with Crippen LogP contribution in [0.1, 0.15) is 43.4 Å². The molecule has 2 heterocycles. The van der Waals surface area contributed by atoms with Crippen molar-refractivity contribution in [1.82, 2.24) is 9.62 Å². The average Bonchev–Trinajstić information content (AvgIpc) is 2.88. The summed E-state index contributed by atoms with van der Waals surface area (Å²) in [5.74, 6) is -0.373. The predicted molar refractivity (Wildman–Crippen MR) is 117 cm³/mol. The van der Waals surface area contributed by atoms with E-state index in [1.165, 1.54) is 9.21 Å². The molecule has 3 rings (SSSR count). The molecule has 2 aliphatic heterocycles. The highest BCUT2D eigenvalue weighted by Crippen LogP contribution is 2.32. The van der Waals surface area contributed by atoms with Gasteiger partial charge in [0.1, 0.15) is 11.1 Å². The fourth-order valence-electron chi connectivity index (χ4n) is 3.94. The Morgan fingerprint density at radius 3 is 2.16 bits per heavy atom. The molecule has 0 aliphatic carbocycles. The molecule has 9 nitrogen and oxygen atoms in total. The molecule has 2 saturated heterocycles. The van der Waals surface area contributed by atoms with Crippen LogP contribution in [0.15, 0.2) is 17.5 Å². The number of urea groups is 1. The van der Waals surface area contributed by atoms with E-state index in [1.54, 1.807) is 32.1 Å². The molecule has 0 bridgehead atoms. The van der Waals surface area contributed by atoms with Crippen molar-refractivity contribution >= 4 is 33.7 Å². The van der Waals surface area contributed by atoms with Gasteiger partial charge in [-0.15, -0.1) is 0 Å². The van der Waals surface area contributed by atoms with E-state index in [9.17, 15) is 18.0 Å². The van der Waals surface area contributed by atoms with Gasteiger partial charge in [-0.2, -0.15) is 9.57 Å². The molecule has 2 fully saturated rings. The summed E-state index contributed by atoms with van der Waals surface area (Å²) < 4.78 is 26.8. The van der Waals surface area contributed by atoms with Crippen molar-refractivity contribution < 1.29 is 18.0 Å². The lowest BCUT2D eigenvalue weighted by atomic mass is 9.91. The Balaban J connectivity index is 1.85. The number of nitrogens with zero attached hydrogens (tertiary/aromatic N) is 3. The van der Waals surface area contributed by atoms with Crippen molar-refractivity contribution in [2.45, 2.75) is 51.6 Å². The number of benzene rings is 1. The van der Waals surface area contributed by atoms with Crippen LogP contribution in [0.5, 0.6) is 0 Å². The maximum atomic E-state index is 12.7. The smallest absolute Gasteiger partial charge is 0.313 e. The molecular formula is C21H27N5O4S. The lowest BCUT2D eigenvalue weighted by molar-refractivity contribution is -0.122. The first kappa shape index (κ1) is 22.9. The Labute approximate surface area is 182 Å². The number of nitrogens with two attached hydrogens (primary N) is 1. The van der Waals surface area contributed by atoms with E-state index in [2.05, 4.69) is 5.32 Å². The second kappa shape index (κ2) is 7.75. The van der Waals surface area contributed by atoms with Crippen LogP contribution in [0.25, 0.3) is 6.08 Å². The molecular weight excluding hydrogens is 418 g/mol. The van der Waals surface area contributed by atoms with Crippen LogP contribution in [-0.4, -0.2) is 48.8 Å². The summed E-state index contributed by atoms with van der Waals surface area (Å²) in [4.78, 5) is 25.7. The number of aryl methyl sites for hydroxylation is 2. The summed E-state index contributed by atoms with van der Waals surface area (Å²) >= 11 is 0. The fraction of sp³-hybridized carbons (Fsp3) is 0.476. The molecule has 0 aromatic heterocycles. The molecule has 166 valence electrons. The number of carbonyl (C=O) groups excluding carboxylic acids is 2. The summed E-state index contributed by atoms with van der Waals surface area (Å²) in [6.07, 6.45) is 2.12. The molecule has 1 aromatic carbocycles. The molecule has 31 heavy (non-hydrogen) atoms. The van der Waals surface area contributed by atoms with Crippen LogP contribution in [0.4, 0.5) is 10.5 Å². The summed E-state index contributed by atoms with van der Waals surface area (Å²) in [6, 6.07) is 5.08. The maximum Gasteiger partial charge on any atom is 0.329 e. The monoisotopic (exact) mass is 445 g/mol. The molecule has 0 atom stereocenters. The lowest BCUT2D eigenvalue weighted by Gasteiger charge is -2.33. The minimum atomic E-state index is -3.67. The Morgan fingerprint density at radius 1 is 1.16 bits per heavy atom. The van der Waals surface area contributed by atoms with Gasteiger partial charge in [0.15, 0.2) is 0 Å². The zero-order valence-corrected chi connectivity index (χ0v) is 18.9. The number of nitriles is 1. The minimum Gasteiger partial charge on any atom is -0.313 e. The van der Waals surface area contributed by atoms with E-state index in [1.807, 2.05) is 19.9 Å². The fourth-order valence-corrected chi connectivity index (χ4v) is 5.11. The van der Waals surface area contributed by atoms with Gasteiger partial charge in [0, 0.05) is 24.2 Å². The number of sulfonamides is 1. The van der Waals surface area contributed by atoms with E-state index < -0.39 is 27.1 Å². The molecule has 10 heteroatoms. The Kier molecular flexibility index (Phi) is 5.73. The number of imide groups is 1. The van der Waals surface area contributed by atoms with Gasteiger partial charge in [0.2, 0.25) is 10.0 Å². The molecule has 0 radical (unpaired) electrons. The van der Waals surface area contributed by atoms with Crippen molar-refractivity contribution in [3.05, 3.63) is 34.2 Å². The summed E-state index contributed by atoms with van der Waals surface area (Å²) in [5, 5.41) is 12.6. The predicted octanol–water partition coefficient (Wildman–Crippen LogP) is 1.76. The summed E-state index contributed by atoms with van der Waals surface area (Å²) in [5.41, 5.74) is 6.75. The van der Waals surface area contributed by atoms with Gasteiger partial charge in [-0.3, -0.25) is 15.0 Å². The first-order valence-corrected chi connectivity index (χ1v) is 11.5. The number of rotatable bonds is 4. The van der Waals surface area contributed by atoms with Gasteiger partial charge in [0.05, 0.1) is 6.07 Å². The number of piperidine rings is 1. The van der Waals surface area contributed by atoms with E-state index in [0.717, 1.165) is 22.1 Å². The number of hydrogen-bond acceptors (Lipinski definition) is 6. The lowest BCUT2D eigenvalue weighted by Crippen LogP contribution is -2.50. The highest BCUT2D eigenvalue weighted by atomic mass is 32.2. The number of hydrogen-bond donors (Lipinski definition) is 2. The van der Waals surface area contributed by atoms with E-state index >= 15 is 0 Å². The zero-order valence-electron chi connectivity index (χ0n) is 18.1. The van der Waals surface area contributed by atoms with Gasteiger partial charge in [-0.1, -0.05) is 0 Å². The standard InChI is InChI=1S/C21H27N5O4S/c1-14-11-16(26-19(28)24-18(27)20(26,3)4)12-15(2)17(14)5-10-31(29,30)25-8-6-21(23,13-22)7-9-25/h5,10-12H,6-9,23H2,1-4H3,(H,24,27,28). The third kappa shape index (κ3) is 4.21. The van der Waals surface area contributed by atoms with Crippen molar-refractivity contribution in [3.63, 3.8) is 0 Å². The zero-order chi connectivity index (χ0) is 23.2. The van der Waals surface area contributed by atoms with Crippen LogP contribution in [0.3, 0.4) is 0 Å². The topological polar surface area (TPSA) is 137 Å². The second-order valence-electron chi connectivity index (χ2n) is 8.66. The van der Waals surface area contributed by atoms with Gasteiger partial charge in [-0.25, -0.2) is 13.2 Å². The first-order chi connectivity index (χ1) is 14.3. The minimum absolute atomic E-state index is 0.195. The molecule has 3 N–H and O–H groups in total. The SMILES string of the molecule is Cc1cc(N2C(=O)NC(=O)C2(C)C)cc(C)c1C=CS(=O)(=O)N1CCC(N)(C#N)CC1.